The standard InChI is InChI=1S/C19H20F3NO5S2/c20-19(21,22)17-11-10-16(29(25,26)15-4-2-1-3-5-15)12-18(17)30(27,28)23-13-6-8-14(24)9-7-13/h1-5,10-14,23-24H,6-9H2. The molecule has 2 N–H and O–H groups in total. The Hall–Kier alpha value is -1.95. The van der Waals surface area contributed by atoms with Gasteiger partial charge in [0.15, 0.2) is 0 Å². The number of hydrogen-bond acceptors (Lipinski definition) is 5. The summed E-state index contributed by atoms with van der Waals surface area (Å²) in [4.78, 5) is -1.86. The fourth-order valence-electron chi connectivity index (χ4n) is 3.34. The highest BCUT2D eigenvalue weighted by Gasteiger charge is 2.39. The maximum absolute atomic E-state index is 13.5. The Kier molecular flexibility index (Phi) is 6.28. The summed E-state index contributed by atoms with van der Waals surface area (Å²) in [6, 6.07) is 8.14. The fraction of sp³-hybridized carbons (Fsp3) is 0.368. The minimum Gasteiger partial charge on any atom is -0.393 e. The van der Waals surface area contributed by atoms with Crippen LogP contribution in [0.5, 0.6) is 0 Å². The fourth-order valence-corrected chi connectivity index (χ4v) is 6.28. The number of nitrogens with one attached hydrogen (secondary N) is 1. The van der Waals surface area contributed by atoms with Gasteiger partial charge < -0.3 is 5.11 Å². The molecule has 0 atom stereocenters. The molecule has 1 aliphatic rings. The minimum atomic E-state index is -5.00. The molecule has 2 aromatic carbocycles. The highest BCUT2D eigenvalue weighted by molar-refractivity contribution is 7.91. The molecular weight excluding hydrogens is 443 g/mol. The Labute approximate surface area is 172 Å². The van der Waals surface area contributed by atoms with E-state index in [-0.39, 0.29) is 17.7 Å². The molecule has 0 aliphatic heterocycles. The second kappa shape index (κ2) is 8.29. The van der Waals surface area contributed by atoms with E-state index in [0.29, 0.717) is 25.0 Å². The van der Waals surface area contributed by atoms with Crippen LogP contribution in [-0.4, -0.2) is 34.1 Å². The maximum Gasteiger partial charge on any atom is 0.417 e. The van der Waals surface area contributed by atoms with Crippen LogP contribution in [0.2, 0.25) is 0 Å². The van der Waals surface area contributed by atoms with Gasteiger partial charge in [0, 0.05) is 6.04 Å². The molecule has 1 saturated carbocycles. The third-order valence-corrected chi connectivity index (χ3v) is 8.26. The number of aliphatic hydroxyl groups excluding tert-OH is 1. The van der Waals surface area contributed by atoms with Crippen molar-refractivity contribution in [3.8, 4) is 0 Å². The molecule has 164 valence electrons. The van der Waals surface area contributed by atoms with E-state index in [4.69, 9.17) is 0 Å². The topological polar surface area (TPSA) is 101 Å². The van der Waals surface area contributed by atoms with E-state index in [1.165, 1.54) is 24.3 Å². The Morgan fingerprint density at radius 2 is 1.47 bits per heavy atom. The quantitative estimate of drug-likeness (QED) is 0.710. The zero-order valence-corrected chi connectivity index (χ0v) is 17.3. The van der Waals surface area contributed by atoms with E-state index < -0.39 is 53.5 Å². The van der Waals surface area contributed by atoms with Crippen molar-refractivity contribution in [2.24, 2.45) is 0 Å². The number of benzene rings is 2. The SMILES string of the molecule is O=S(=O)(NC1CCC(O)CC1)c1cc(S(=O)(=O)c2ccccc2)ccc1C(F)(F)F. The molecule has 11 heteroatoms. The van der Waals surface area contributed by atoms with Crippen molar-refractivity contribution >= 4 is 19.9 Å². The second-order valence-corrected chi connectivity index (χ2v) is 10.7. The smallest absolute Gasteiger partial charge is 0.393 e. The molecule has 0 aromatic heterocycles. The van der Waals surface area contributed by atoms with E-state index in [0.717, 1.165) is 6.07 Å². The van der Waals surface area contributed by atoms with Gasteiger partial charge in [0.2, 0.25) is 19.9 Å². The summed E-state index contributed by atoms with van der Waals surface area (Å²) in [5.74, 6) is 0. The van der Waals surface area contributed by atoms with Crippen molar-refractivity contribution in [3.63, 3.8) is 0 Å². The Balaban J connectivity index is 2.06. The monoisotopic (exact) mass is 463 g/mol. The molecule has 1 fully saturated rings. The lowest BCUT2D eigenvalue weighted by molar-refractivity contribution is -0.139. The van der Waals surface area contributed by atoms with E-state index in [9.17, 15) is 35.1 Å². The summed E-state index contributed by atoms with van der Waals surface area (Å²) in [5.41, 5.74) is -1.45. The lowest BCUT2D eigenvalue weighted by atomic mass is 9.94. The van der Waals surface area contributed by atoms with Gasteiger partial charge >= 0.3 is 6.18 Å². The summed E-state index contributed by atoms with van der Waals surface area (Å²) < 4.78 is 93.8. The second-order valence-electron chi connectivity index (χ2n) is 7.10. The van der Waals surface area contributed by atoms with Crippen LogP contribution in [0.25, 0.3) is 0 Å². The van der Waals surface area contributed by atoms with Crippen molar-refractivity contribution < 1.29 is 35.1 Å². The predicted molar refractivity (Wildman–Crippen MR) is 102 cm³/mol. The molecule has 3 rings (SSSR count). The Bertz CT molecular complexity index is 1110. The number of halogens is 3. The number of alkyl halides is 3. The van der Waals surface area contributed by atoms with Crippen molar-refractivity contribution in [2.45, 2.75) is 58.7 Å². The van der Waals surface area contributed by atoms with Crippen LogP contribution in [0.3, 0.4) is 0 Å². The van der Waals surface area contributed by atoms with E-state index in [2.05, 4.69) is 4.72 Å². The largest absolute Gasteiger partial charge is 0.417 e. The molecule has 0 amide bonds. The van der Waals surface area contributed by atoms with Gasteiger partial charge in [-0.1, -0.05) is 18.2 Å². The molecular formula is C19H20F3NO5S2. The van der Waals surface area contributed by atoms with Gasteiger partial charge in [0.1, 0.15) is 0 Å². The third-order valence-electron chi connectivity index (χ3n) is 4.93. The van der Waals surface area contributed by atoms with Crippen molar-refractivity contribution in [2.75, 3.05) is 0 Å². The molecule has 0 unspecified atom stereocenters. The van der Waals surface area contributed by atoms with E-state index in [1.807, 2.05) is 0 Å². The molecule has 1 aliphatic carbocycles. The van der Waals surface area contributed by atoms with Gasteiger partial charge in [0.05, 0.1) is 26.4 Å². The number of rotatable bonds is 5. The molecule has 0 saturated heterocycles. The van der Waals surface area contributed by atoms with Crippen LogP contribution >= 0.6 is 0 Å². The summed E-state index contributed by atoms with van der Waals surface area (Å²) in [6.45, 7) is 0. The predicted octanol–water partition coefficient (Wildman–Crippen LogP) is 3.12. The van der Waals surface area contributed by atoms with Gasteiger partial charge in [-0.3, -0.25) is 0 Å². The average molecular weight is 463 g/mol. The van der Waals surface area contributed by atoms with Gasteiger partial charge in [-0.2, -0.15) is 13.2 Å². The van der Waals surface area contributed by atoms with Crippen LogP contribution in [0.1, 0.15) is 31.2 Å². The lowest BCUT2D eigenvalue weighted by Crippen LogP contribution is -2.39. The highest BCUT2D eigenvalue weighted by Crippen LogP contribution is 2.36. The zero-order valence-electron chi connectivity index (χ0n) is 15.6. The van der Waals surface area contributed by atoms with E-state index in [1.54, 1.807) is 6.07 Å². The van der Waals surface area contributed by atoms with Crippen LogP contribution in [0.4, 0.5) is 13.2 Å². The molecule has 0 radical (unpaired) electrons. The van der Waals surface area contributed by atoms with Crippen molar-refractivity contribution in [1.29, 1.82) is 0 Å². The number of aliphatic hydroxyl groups is 1. The first kappa shape index (κ1) is 22.7. The van der Waals surface area contributed by atoms with Gasteiger partial charge in [-0.25, -0.2) is 21.6 Å². The van der Waals surface area contributed by atoms with Gasteiger partial charge in [-0.05, 0) is 56.0 Å². The van der Waals surface area contributed by atoms with Crippen molar-refractivity contribution in [1.82, 2.24) is 4.72 Å². The normalized spacial score (nSPS) is 20.8. The number of sulfone groups is 1. The average Bonchev–Trinajstić information content (AvgIpc) is 2.69. The first-order valence-corrected chi connectivity index (χ1v) is 12.1. The van der Waals surface area contributed by atoms with Crippen LogP contribution < -0.4 is 4.72 Å². The molecule has 6 nitrogen and oxygen atoms in total. The highest BCUT2D eigenvalue weighted by atomic mass is 32.2. The summed E-state index contributed by atoms with van der Waals surface area (Å²) >= 11 is 0. The third kappa shape index (κ3) is 4.85. The van der Waals surface area contributed by atoms with E-state index >= 15 is 0 Å². The summed E-state index contributed by atoms with van der Waals surface area (Å²) in [7, 11) is -8.89. The van der Waals surface area contributed by atoms with Crippen LogP contribution in [0.15, 0.2) is 63.2 Å². The van der Waals surface area contributed by atoms with Crippen molar-refractivity contribution in [3.05, 3.63) is 54.1 Å². The Morgan fingerprint density at radius 1 is 0.867 bits per heavy atom. The molecule has 2 aromatic rings. The molecule has 30 heavy (non-hydrogen) atoms. The molecule has 0 heterocycles. The maximum atomic E-state index is 13.5. The van der Waals surface area contributed by atoms with Gasteiger partial charge in [-0.15, -0.1) is 0 Å². The summed E-state index contributed by atoms with van der Waals surface area (Å²) in [6.07, 6.45) is -4.39. The van der Waals surface area contributed by atoms with Gasteiger partial charge in [0.25, 0.3) is 0 Å². The summed E-state index contributed by atoms with van der Waals surface area (Å²) in [5, 5.41) is 9.53. The minimum absolute atomic E-state index is 0.165. The first-order chi connectivity index (χ1) is 13.9. The lowest BCUT2D eigenvalue weighted by Gasteiger charge is -2.26. The zero-order chi connectivity index (χ0) is 22.2. The molecule has 0 bridgehead atoms. The Morgan fingerprint density at radius 3 is 2.03 bits per heavy atom. The number of sulfonamides is 1. The first-order valence-electron chi connectivity index (χ1n) is 9.13. The van der Waals surface area contributed by atoms with Crippen LogP contribution in [-0.2, 0) is 26.0 Å². The number of hydrogen-bond donors (Lipinski definition) is 2. The van der Waals surface area contributed by atoms with Crippen LogP contribution in [0, 0.1) is 0 Å². The molecule has 0 spiro atoms.